The highest BCUT2D eigenvalue weighted by atomic mass is 16.1. The van der Waals surface area contributed by atoms with Crippen LogP contribution in [0.1, 0.15) is 25.3 Å². The van der Waals surface area contributed by atoms with Gasteiger partial charge in [-0.05, 0) is 38.8 Å². The van der Waals surface area contributed by atoms with E-state index in [-0.39, 0.29) is 11.8 Å². The number of hydrogen-bond donors (Lipinski definition) is 0. The van der Waals surface area contributed by atoms with Gasteiger partial charge >= 0.3 is 0 Å². The number of aryl methyl sites for hydroxylation is 1. The van der Waals surface area contributed by atoms with E-state index in [1.807, 2.05) is 0 Å². The van der Waals surface area contributed by atoms with Crippen molar-refractivity contribution >= 4 is 11.5 Å². The maximum Gasteiger partial charge on any atom is 0.152 e. The Kier molecular flexibility index (Phi) is 2.76. The number of nitrogens with zero attached hydrogens (tertiary/aromatic N) is 1. The molecule has 1 aromatic rings. The molecular formula is C13H17NO. The minimum atomic E-state index is 0.104. The molecule has 1 aliphatic heterocycles. The Morgan fingerprint density at radius 2 is 2.00 bits per heavy atom. The second-order valence-corrected chi connectivity index (χ2v) is 4.30. The highest BCUT2D eigenvalue weighted by Gasteiger charge is 2.27. The molecule has 0 aromatic heterocycles. The van der Waals surface area contributed by atoms with Crippen LogP contribution in [0.5, 0.6) is 0 Å². The van der Waals surface area contributed by atoms with Crippen LogP contribution >= 0.6 is 0 Å². The fourth-order valence-corrected chi connectivity index (χ4v) is 2.23. The van der Waals surface area contributed by atoms with E-state index in [0.717, 1.165) is 19.4 Å². The Hall–Kier alpha value is -1.31. The summed E-state index contributed by atoms with van der Waals surface area (Å²) in [6, 6.07) is 8.52. The first-order chi connectivity index (χ1) is 7.18. The Morgan fingerprint density at radius 1 is 1.33 bits per heavy atom. The standard InChI is InChI=1S/C13H17NO/c1-10-5-7-12(8-6-10)14-9-3-4-13(14)11(2)15/h5-8,13H,3-4,9H2,1-2H3/t13-/m1/s1. The van der Waals surface area contributed by atoms with Crippen LogP contribution in [0.4, 0.5) is 5.69 Å². The predicted molar refractivity (Wildman–Crippen MR) is 62.2 cm³/mol. The van der Waals surface area contributed by atoms with Crippen molar-refractivity contribution in [2.45, 2.75) is 32.7 Å². The van der Waals surface area contributed by atoms with Gasteiger partial charge < -0.3 is 4.90 Å². The third-order valence-corrected chi connectivity index (χ3v) is 3.09. The lowest BCUT2D eigenvalue weighted by Crippen LogP contribution is -2.34. The van der Waals surface area contributed by atoms with Gasteiger partial charge in [0.1, 0.15) is 0 Å². The summed E-state index contributed by atoms with van der Waals surface area (Å²) in [6.07, 6.45) is 2.13. The third kappa shape index (κ3) is 2.04. The molecule has 0 aliphatic carbocycles. The summed E-state index contributed by atoms with van der Waals surface area (Å²) in [5.41, 5.74) is 2.44. The Labute approximate surface area is 90.9 Å². The fourth-order valence-electron chi connectivity index (χ4n) is 2.23. The van der Waals surface area contributed by atoms with E-state index < -0.39 is 0 Å². The van der Waals surface area contributed by atoms with Gasteiger partial charge in [-0.1, -0.05) is 17.7 Å². The summed E-state index contributed by atoms with van der Waals surface area (Å²) in [4.78, 5) is 13.7. The third-order valence-electron chi connectivity index (χ3n) is 3.09. The van der Waals surface area contributed by atoms with Gasteiger partial charge in [-0.15, -0.1) is 0 Å². The molecular weight excluding hydrogens is 186 g/mol. The average molecular weight is 203 g/mol. The van der Waals surface area contributed by atoms with Gasteiger partial charge in [0.05, 0.1) is 6.04 Å². The summed E-state index contributed by atoms with van der Waals surface area (Å²) < 4.78 is 0. The van der Waals surface area contributed by atoms with Crippen LogP contribution in [0.15, 0.2) is 24.3 Å². The van der Waals surface area contributed by atoms with Gasteiger partial charge in [-0.3, -0.25) is 4.79 Å². The number of carbonyl (C=O) groups excluding carboxylic acids is 1. The van der Waals surface area contributed by atoms with Crippen molar-refractivity contribution in [3.05, 3.63) is 29.8 Å². The molecule has 0 N–H and O–H groups in total. The molecule has 1 atom stereocenters. The first-order valence-corrected chi connectivity index (χ1v) is 5.52. The zero-order valence-electron chi connectivity index (χ0n) is 9.36. The minimum absolute atomic E-state index is 0.104. The van der Waals surface area contributed by atoms with Crippen LogP contribution in [0.25, 0.3) is 0 Å². The Morgan fingerprint density at radius 3 is 2.60 bits per heavy atom. The normalized spacial score (nSPS) is 20.7. The van der Waals surface area contributed by atoms with Crippen molar-refractivity contribution in [1.82, 2.24) is 0 Å². The summed E-state index contributed by atoms with van der Waals surface area (Å²) in [5.74, 6) is 0.285. The van der Waals surface area contributed by atoms with Gasteiger partial charge in [0, 0.05) is 12.2 Å². The zero-order chi connectivity index (χ0) is 10.8. The van der Waals surface area contributed by atoms with E-state index in [0.29, 0.717) is 0 Å². The summed E-state index contributed by atoms with van der Waals surface area (Å²) in [5, 5.41) is 0. The largest absolute Gasteiger partial charge is 0.361 e. The summed E-state index contributed by atoms with van der Waals surface area (Å²) in [7, 11) is 0. The topological polar surface area (TPSA) is 20.3 Å². The van der Waals surface area contributed by atoms with Crippen LogP contribution in [0, 0.1) is 6.92 Å². The average Bonchev–Trinajstić information content (AvgIpc) is 2.67. The molecule has 15 heavy (non-hydrogen) atoms. The van der Waals surface area contributed by atoms with E-state index in [1.165, 1.54) is 11.3 Å². The highest BCUT2D eigenvalue weighted by molar-refractivity contribution is 5.85. The molecule has 0 saturated carbocycles. The van der Waals surface area contributed by atoms with Crippen LogP contribution in [0.2, 0.25) is 0 Å². The molecule has 0 amide bonds. The van der Waals surface area contributed by atoms with Gasteiger partial charge in [0.2, 0.25) is 0 Å². The number of rotatable bonds is 2. The first-order valence-electron chi connectivity index (χ1n) is 5.52. The SMILES string of the molecule is CC(=O)[C@H]1CCCN1c1ccc(C)cc1. The number of hydrogen-bond acceptors (Lipinski definition) is 2. The molecule has 2 rings (SSSR count). The Balaban J connectivity index is 2.22. The number of Topliss-reactive ketones (excluding diaryl/α,β-unsaturated/α-hetero) is 1. The fraction of sp³-hybridized carbons (Fsp3) is 0.462. The maximum atomic E-state index is 11.5. The van der Waals surface area contributed by atoms with E-state index >= 15 is 0 Å². The molecule has 0 radical (unpaired) electrons. The number of carbonyl (C=O) groups is 1. The Bertz CT molecular complexity index is 355. The quantitative estimate of drug-likeness (QED) is 0.736. The van der Waals surface area contributed by atoms with Gasteiger partial charge in [0.15, 0.2) is 5.78 Å². The van der Waals surface area contributed by atoms with Crippen molar-refractivity contribution in [2.75, 3.05) is 11.4 Å². The molecule has 1 aliphatic rings. The van der Waals surface area contributed by atoms with Gasteiger partial charge in [-0.25, -0.2) is 0 Å². The second kappa shape index (κ2) is 4.05. The highest BCUT2D eigenvalue weighted by Crippen LogP contribution is 2.26. The summed E-state index contributed by atoms with van der Waals surface area (Å²) >= 11 is 0. The van der Waals surface area contributed by atoms with Gasteiger partial charge in [-0.2, -0.15) is 0 Å². The predicted octanol–water partition coefficient (Wildman–Crippen LogP) is 2.55. The lowest BCUT2D eigenvalue weighted by molar-refractivity contribution is -0.118. The molecule has 2 nitrogen and oxygen atoms in total. The van der Waals surface area contributed by atoms with Crippen molar-refractivity contribution in [3.8, 4) is 0 Å². The molecule has 1 aromatic carbocycles. The van der Waals surface area contributed by atoms with E-state index in [4.69, 9.17) is 0 Å². The van der Waals surface area contributed by atoms with Crippen LogP contribution < -0.4 is 4.90 Å². The van der Waals surface area contributed by atoms with Crippen LogP contribution in [-0.4, -0.2) is 18.4 Å². The first kappa shape index (κ1) is 10.2. The summed E-state index contributed by atoms with van der Waals surface area (Å²) in [6.45, 7) is 4.78. The lowest BCUT2D eigenvalue weighted by Gasteiger charge is -2.24. The molecule has 0 spiro atoms. The molecule has 80 valence electrons. The van der Waals surface area contributed by atoms with Crippen molar-refractivity contribution in [3.63, 3.8) is 0 Å². The van der Waals surface area contributed by atoms with E-state index in [9.17, 15) is 4.79 Å². The zero-order valence-corrected chi connectivity index (χ0v) is 9.36. The maximum absolute atomic E-state index is 11.5. The van der Waals surface area contributed by atoms with Gasteiger partial charge in [0.25, 0.3) is 0 Å². The van der Waals surface area contributed by atoms with E-state index in [2.05, 4.69) is 36.1 Å². The minimum Gasteiger partial charge on any atom is -0.361 e. The lowest BCUT2D eigenvalue weighted by atomic mass is 10.1. The molecule has 1 saturated heterocycles. The molecule has 2 heteroatoms. The smallest absolute Gasteiger partial charge is 0.152 e. The van der Waals surface area contributed by atoms with Crippen molar-refractivity contribution < 1.29 is 4.79 Å². The molecule has 0 unspecified atom stereocenters. The number of anilines is 1. The molecule has 1 fully saturated rings. The monoisotopic (exact) mass is 203 g/mol. The van der Waals surface area contributed by atoms with E-state index in [1.54, 1.807) is 6.92 Å². The number of ketones is 1. The second-order valence-electron chi connectivity index (χ2n) is 4.30. The van der Waals surface area contributed by atoms with Crippen molar-refractivity contribution in [2.24, 2.45) is 0 Å². The number of benzene rings is 1. The molecule has 0 bridgehead atoms. The van der Waals surface area contributed by atoms with Crippen LogP contribution in [-0.2, 0) is 4.79 Å². The van der Waals surface area contributed by atoms with Crippen LogP contribution in [0.3, 0.4) is 0 Å². The molecule has 1 heterocycles. The van der Waals surface area contributed by atoms with Crippen molar-refractivity contribution in [1.29, 1.82) is 0 Å².